The molecule has 0 saturated carbocycles. The second kappa shape index (κ2) is 5.39. The van der Waals surface area contributed by atoms with E-state index < -0.39 is 17.7 Å². The number of aromatic nitrogens is 3. The second-order valence-corrected chi connectivity index (χ2v) is 4.19. The van der Waals surface area contributed by atoms with Crippen molar-refractivity contribution in [3.8, 4) is 5.82 Å². The minimum absolute atomic E-state index is 0.209. The molecule has 0 saturated heterocycles. The van der Waals surface area contributed by atoms with Gasteiger partial charge in [0, 0.05) is 24.0 Å². The first kappa shape index (κ1) is 14.8. The molecule has 5 nitrogen and oxygen atoms in total. The van der Waals surface area contributed by atoms with Crippen molar-refractivity contribution in [2.75, 3.05) is 0 Å². The Balaban J connectivity index is 2.31. The maximum absolute atomic E-state index is 12.4. The molecule has 0 atom stereocenters. The van der Waals surface area contributed by atoms with Crippen LogP contribution in [-0.2, 0) is 11.0 Å². The van der Waals surface area contributed by atoms with Crippen LogP contribution < -0.4 is 0 Å². The van der Waals surface area contributed by atoms with Gasteiger partial charge in [-0.25, -0.2) is 14.5 Å². The number of aryl methyl sites for hydroxylation is 1. The summed E-state index contributed by atoms with van der Waals surface area (Å²) >= 11 is 0. The molecule has 21 heavy (non-hydrogen) atoms. The number of aliphatic carboxylic acids is 1. The van der Waals surface area contributed by atoms with Gasteiger partial charge in [-0.3, -0.25) is 0 Å². The van der Waals surface area contributed by atoms with Crippen molar-refractivity contribution >= 4 is 12.0 Å². The molecule has 0 aliphatic rings. The van der Waals surface area contributed by atoms with Crippen LogP contribution in [0.15, 0.2) is 30.6 Å². The van der Waals surface area contributed by atoms with Gasteiger partial charge in [0.1, 0.15) is 0 Å². The number of pyridine rings is 1. The average molecular weight is 297 g/mol. The quantitative estimate of drug-likeness (QED) is 0.884. The zero-order chi connectivity index (χ0) is 15.6. The second-order valence-electron chi connectivity index (χ2n) is 4.19. The SMILES string of the molecule is Cc1nn(-c2ccc(C(F)(F)F)cn2)cc1/C=C/C(=O)O. The molecular weight excluding hydrogens is 287 g/mol. The molecule has 0 radical (unpaired) electrons. The summed E-state index contributed by atoms with van der Waals surface area (Å²) in [6.45, 7) is 1.65. The van der Waals surface area contributed by atoms with Crippen LogP contribution >= 0.6 is 0 Å². The number of carbonyl (C=O) groups is 1. The minimum atomic E-state index is -4.44. The summed E-state index contributed by atoms with van der Waals surface area (Å²) in [5.74, 6) is -0.893. The first-order chi connectivity index (χ1) is 9.77. The topological polar surface area (TPSA) is 68.0 Å². The molecule has 8 heteroatoms. The predicted molar refractivity (Wildman–Crippen MR) is 67.8 cm³/mol. The van der Waals surface area contributed by atoms with Crippen molar-refractivity contribution in [1.29, 1.82) is 0 Å². The van der Waals surface area contributed by atoms with Gasteiger partial charge in [0.25, 0.3) is 0 Å². The third kappa shape index (κ3) is 3.47. The Hall–Kier alpha value is -2.64. The van der Waals surface area contributed by atoms with E-state index in [1.807, 2.05) is 0 Å². The fourth-order valence-corrected chi connectivity index (χ4v) is 1.60. The average Bonchev–Trinajstić information content (AvgIpc) is 2.77. The highest BCUT2D eigenvalue weighted by Crippen LogP contribution is 2.28. The number of rotatable bonds is 3. The first-order valence-corrected chi connectivity index (χ1v) is 5.78. The lowest BCUT2D eigenvalue weighted by Crippen LogP contribution is -2.07. The minimum Gasteiger partial charge on any atom is -0.478 e. The van der Waals surface area contributed by atoms with Crippen LogP contribution in [0.2, 0.25) is 0 Å². The number of carboxylic acids is 1. The van der Waals surface area contributed by atoms with Gasteiger partial charge in [-0.2, -0.15) is 18.3 Å². The summed E-state index contributed by atoms with van der Waals surface area (Å²) in [7, 11) is 0. The van der Waals surface area contributed by atoms with E-state index in [4.69, 9.17) is 5.11 Å². The van der Waals surface area contributed by atoms with Crippen molar-refractivity contribution in [2.24, 2.45) is 0 Å². The van der Waals surface area contributed by atoms with Crippen LogP contribution in [0.5, 0.6) is 0 Å². The largest absolute Gasteiger partial charge is 0.478 e. The Morgan fingerprint density at radius 3 is 2.62 bits per heavy atom. The number of alkyl halides is 3. The monoisotopic (exact) mass is 297 g/mol. The number of halogens is 3. The van der Waals surface area contributed by atoms with Gasteiger partial charge in [0.2, 0.25) is 0 Å². The molecule has 0 bridgehead atoms. The Morgan fingerprint density at radius 2 is 2.10 bits per heavy atom. The first-order valence-electron chi connectivity index (χ1n) is 5.78. The number of hydrogen-bond donors (Lipinski definition) is 1. The van der Waals surface area contributed by atoms with Crippen molar-refractivity contribution in [3.05, 3.63) is 47.4 Å². The molecule has 2 rings (SSSR count). The normalized spacial score (nSPS) is 12.0. The van der Waals surface area contributed by atoms with E-state index in [-0.39, 0.29) is 5.82 Å². The Bertz CT molecular complexity index is 688. The molecule has 0 aliphatic heterocycles. The summed E-state index contributed by atoms with van der Waals surface area (Å²) in [4.78, 5) is 14.2. The maximum Gasteiger partial charge on any atom is 0.417 e. The number of hydrogen-bond acceptors (Lipinski definition) is 3. The number of carboxylic acid groups (broad SMARTS) is 1. The van der Waals surface area contributed by atoms with Gasteiger partial charge in [0.05, 0.1) is 11.3 Å². The standard InChI is InChI=1S/C13H10F3N3O2/c1-8-9(2-5-12(20)21)7-19(18-8)11-4-3-10(6-17-11)13(14,15)16/h2-7H,1H3,(H,20,21)/b5-2+. The van der Waals surface area contributed by atoms with E-state index in [9.17, 15) is 18.0 Å². The Kier molecular flexibility index (Phi) is 3.79. The van der Waals surface area contributed by atoms with E-state index in [0.29, 0.717) is 11.3 Å². The maximum atomic E-state index is 12.4. The molecule has 0 amide bonds. The smallest absolute Gasteiger partial charge is 0.417 e. The van der Waals surface area contributed by atoms with Crippen LogP contribution in [0.25, 0.3) is 11.9 Å². The molecule has 2 heterocycles. The lowest BCUT2D eigenvalue weighted by Gasteiger charge is -2.06. The lowest BCUT2D eigenvalue weighted by molar-refractivity contribution is -0.137. The summed E-state index contributed by atoms with van der Waals surface area (Å²) in [6, 6.07) is 2.10. The van der Waals surface area contributed by atoms with Gasteiger partial charge >= 0.3 is 12.1 Å². The zero-order valence-corrected chi connectivity index (χ0v) is 10.8. The van der Waals surface area contributed by atoms with Crippen molar-refractivity contribution in [2.45, 2.75) is 13.1 Å². The molecule has 1 N–H and O–H groups in total. The molecule has 0 aromatic carbocycles. The Labute approximate surface area is 117 Å². The summed E-state index contributed by atoms with van der Waals surface area (Å²) in [5, 5.41) is 12.6. The van der Waals surface area contributed by atoms with Gasteiger partial charge in [-0.05, 0) is 25.1 Å². The lowest BCUT2D eigenvalue weighted by atomic mass is 10.2. The summed E-state index contributed by atoms with van der Waals surface area (Å²) in [6.07, 6.45) is 0.0736. The molecular formula is C13H10F3N3O2. The highest BCUT2D eigenvalue weighted by molar-refractivity contribution is 5.85. The predicted octanol–water partition coefficient (Wildman–Crippen LogP) is 2.69. The summed E-state index contributed by atoms with van der Waals surface area (Å²) < 4.78 is 38.6. The van der Waals surface area contributed by atoms with Crippen LogP contribution in [0.3, 0.4) is 0 Å². The van der Waals surface area contributed by atoms with Crippen LogP contribution in [0, 0.1) is 6.92 Å². The zero-order valence-electron chi connectivity index (χ0n) is 10.8. The molecule has 110 valence electrons. The van der Waals surface area contributed by atoms with Crippen LogP contribution in [0.1, 0.15) is 16.8 Å². The van der Waals surface area contributed by atoms with E-state index in [0.717, 1.165) is 18.3 Å². The molecule has 0 aliphatic carbocycles. The number of nitrogens with zero attached hydrogens (tertiary/aromatic N) is 3. The highest BCUT2D eigenvalue weighted by atomic mass is 19.4. The molecule has 0 spiro atoms. The van der Waals surface area contributed by atoms with Gasteiger partial charge in [-0.15, -0.1) is 0 Å². The van der Waals surface area contributed by atoms with Crippen molar-refractivity contribution in [1.82, 2.24) is 14.8 Å². The van der Waals surface area contributed by atoms with Gasteiger partial charge < -0.3 is 5.11 Å². The third-order valence-corrected chi connectivity index (χ3v) is 2.65. The third-order valence-electron chi connectivity index (χ3n) is 2.65. The van der Waals surface area contributed by atoms with E-state index in [1.54, 1.807) is 6.92 Å². The van der Waals surface area contributed by atoms with E-state index in [2.05, 4.69) is 10.1 Å². The van der Waals surface area contributed by atoms with Crippen molar-refractivity contribution in [3.63, 3.8) is 0 Å². The summed E-state index contributed by atoms with van der Waals surface area (Å²) in [5.41, 5.74) is 0.231. The van der Waals surface area contributed by atoms with Crippen LogP contribution in [0.4, 0.5) is 13.2 Å². The van der Waals surface area contributed by atoms with E-state index in [1.165, 1.54) is 23.0 Å². The molecule has 0 fully saturated rings. The van der Waals surface area contributed by atoms with Gasteiger partial charge in [0.15, 0.2) is 5.82 Å². The van der Waals surface area contributed by atoms with Crippen LogP contribution in [-0.4, -0.2) is 25.8 Å². The Morgan fingerprint density at radius 1 is 1.38 bits per heavy atom. The molecule has 2 aromatic heterocycles. The fourth-order valence-electron chi connectivity index (χ4n) is 1.60. The molecule has 2 aromatic rings. The fraction of sp³-hybridized carbons (Fsp3) is 0.154. The molecule has 0 unspecified atom stereocenters. The van der Waals surface area contributed by atoms with E-state index >= 15 is 0 Å². The highest BCUT2D eigenvalue weighted by Gasteiger charge is 2.30. The van der Waals surface area contributed by atoms with Crippen molar-refractivity contribution < 1.29 is 23.1 Å². The van der Waals surface area contributed by atoms with Gasteiger partial charge in [-0.1, -0.05) is 0 Å².